The van der Waals surface area contributed by atoms with Gasteiger partial charge in [-0.2, -0.15) is 0 Å². The third-order valence-corrected chi connectivity index (χ3v) is 7.24. The molecule has 4 rings (SSSR count). The van der Waals surface area contributed by atoms with Gasteiger partial charge in [-0.25, -0.2) is 0 Å². The number of aliphatic hydroxyl groups is 1. The Morgan fingerprint density at radius 1 is 1.18 bits per heavy atom. The van der Waals surface area contributed by atoms with Crippen LogP contribution in [0.15, 0.2) is 24.0 Å². The van der Waals surface area contributed by atoms with E-state index in [0.717, 1.165) is 19.3 Å². The van der Waals surface area contributed by atoms with Gasteiger partial charge in [0.1, 0.15) is 17.3 Å². The first-order chi connectivity index (χ1) is 10.4. The topological polar surface area (TPSA) is 54.4 Å². The first-order valence-corrected chi connectivity index (χ1v) is 8.52. The van der Waals surface area contributed by atoms with E-state index < -0.39 is 5.41 Å². The van der Waals surface area contributed by atoms with Crippen molar-refractivity contribution >= 4 is 11.6 Å². The zero-order valence-electron chi connectivity index (χ0n) is 13.3. The van der Waals surface area contributed by atoms with Crippen molar-refractivity contribution in [2.45, 2.75) is 46.0 Å². The summed E-state index contributed by atoms with van der Waals surface area (Å²) in [5.41, 5.74) is -0.600. The molecule has 4 aliphatic rings. The fraction of sp³-hybridized carbons (Fsp3) is 0.684. The van der Waals surface area contributed by atoms with E-state index in [9.17, 15) is 14.7 Å². The number of aliphatic hydroxyl groups excluding tert-OH is 1. The molecule has 3 saturated carbocycles. The number of hydrogen-bond donors (Lipinski definition) is 1. The highest BCUT2D eigenvalue weighted by atomic mass is 16.3. The van der Waals surface area contributed by atoms with E-state index in [1.165, 1.54) is 0 Å². The Labute approximate surface area is 131 Å². The first-order valence-electron chi connectivity index (χ1n) is 8.52. The van der Waals surface area contributed by atoms with Crippen molar-refractivity contribution in [1.29, 1.82) is 0 Å². The van der Waals surface area contributed by atoms with Gasteiger partial charge in [0, 0.05) is 29.6 Å². The molecule has 3 nitrogen and oxygen atoms in total. The Balaban J connectivity index is 1.76. The summed E-state index contributed by atoms with van der Waals surface area (Å²) in [6.45, 7) is 4.20. The number of carbonyl (C=O) groups is 2. The normalized spacial score (nSPS) is 50.2. The molecule has 0 aromatic rings. The third kappa shape index (κ3) is 1.63. The second-order valence-electron chi connectivity index (χ2n) is 8.25. The van der Waals surface area contributed by atoms with Crippen LogP contribution in [-0.4, -0.2) is 16.7 Å². The number of rotatable bonds is 0. The highest BCUT2D eigenvalue weighted by Gasteiger charge is 2.62. The van der Waals surface area contributed by atoms with Gasteiger partial charge in [-0.1, -0.05) is 19.9 Å². The second-order valence-corrected chi connectivity index (χ2v) is 8.25. The summed E-state index contributed by atoms with van der Waals surface area (Å²) in [6, 6.07) is 0. The van der Waals surface area contributed by atoms with Gasteiger partial charge in [-0.05, 0) is 49.2 Å². The molecule has 0 bridgehead atoms. The van der Waals surface area contributed by atoms with Crippen LogP contribution in [-0.2, 0) is 9.59 Å². The van der Waals surface area contributed by atoms with Crippen LogP contribution in [0.2, 0.25) is 0 Å². The molecule has 0 radical (unpaired) electrons. The van der Waals surface area contributed by atoms with Crippen molar-refractivity contribution in [1.82, 2.24) is 0 Å². The Morgan fingerprint density at radius 2 is 1.95 bits per heavy atom. The molecule has 1 N–H and O–H groups in total. The van der Waals surface area contributed by atoms with Gasteiger partial charge >= 0.3 is 0 Å². The van der Waals surface area contributed by atoms with Gasteiger partial charge in [0.15, 0.2) is 0 Å². The van der Waals surface area contributed by atoms with E-state index in [1.807, 2.05) is 13.0 Å². The van der Waals surface area contributed by atoms with Crippen molar-refractivity contribution in [2.24, 2.45) is 34.5 Å². The second kappa shape index (κ2) is 4.33. The summed E-state index contributed by atoms with van der Waals surface area (Å²) < 4.78 is 0. The number of Topliss-reactive ketones (excluding diaryl/α,β-unsaturated/α-hetero) is 2. The van der Waals surface area contributed by atoms with Crippen molar-refractivity contribution in [3.05, 3.63) is 24.0 Å². The molecule has 4 aliphatic carbocycles. The van der Waals surface area contributed by atoms with Crippen LogP contribution < -0.4 is 0 Å². The molecule has 0 spiro atoms. The minimum Gasteiger partial charge on any atom is -0.508 e. The summed E-state index contributed by atoms with van der Waals surface area (Å²) in [5, 5.41) is 9.80. The van der Waals surface area contributed by atoms with Gasteiger partial charge < -0.3 is 5.11 Å². The lowest BCUT2D eigenvalue weighted by molar-refractivity contribution is -0.151. The van der Waals surface area contributed by atoms with E-state index in [0.29, 0.717) is 36.2 Å². The Hall–Kier alpha value is -1.38. The Kier molecular flexibility index (Phi) is 2.80. The maximum atomic E-state index is 13.0. The number of allylic oxidation sites excluding steroid dienone is 3. The minimum atomic E-state index is -0.405. The SMILES string of the molecule is CC12CC(=O)C3C(CC[C@H]4C=C(O)C=CC34C)C1CCC2=O. The maximum Gasteiger partial charge on any atom is 0.139 e. The fourth-order valence-electron chi connectivity index (χ4n) is 6.06. The van der Waals surface area contributed by atoms with E-state index in [-0.39, 0.29) is 23.0 Å². The lowest BCUT2D eigenvalue weighted by Gasteiger charge is -2.56. The largest absolute Gasteiger partial charge is 0.508 e. The van der Waals surface area contributed by atoms with E-state index >= 15 is 0 Å². The summed E-state index contributed by atoms with van der Waals surface area (Å²) in [5.74, 6) is 1.84. The minimum absolute atomic E-state index is 0.0100. The highest BCUT2D eigenvalue weighted by Crippen LogP contribution is 2.62. The van der Waals surface area contributed by atoms with Crippen molar-refractivity contribution in [3.8, 4) is 0 Å². The quantitative estimate of drug-likeness (QED) is 0.743. The average Bonchev–Trinajstić information content (AvgIpc) is 2.75. The molecule has 0 aromatic heterocycles. The number of ketones is 2. The van der Waals surface area contributed by atoms with Crippen LogP contribution in [0, 0.1) is 34.5 Å². The molecule has 3 heteroatoms. The predicted molar refractivity (Wildman–Crippen MR) is 83.1 cm³/mol. The summed E-state index contributed by atoms with van der Waals surface area (Å²) in [6.07, 6.45) is 9.76. The van der Waals surface area contributed by atoms with Gasteiger partial charge in [-0.3, -0.25) is 9.59 Å². The standard InChI is InChI=1S/C19H24O3/c1-18-8-7-12(20)9-11(18)3-4-13-14-5-6-16(22)19(14,2)10-15(21)17(13)18/h7-9,11,13-14,17,20H,3-6,10H2,1-2H3/t11-,13?,14?,17?,18?,19?/m0/s1. The first kappa shape index (κ1) is 14.2. The number of hydrogen-bond acceptors (Lipinski definition) is 3. The molecule has 22 heavy (non-hydrogen) atoms. The molecule has 0 saturated heterocycles. The summed E-state index contributed by atoms with van der Waals surface area (Å²) in [4.78, 5) is 25.3. The molecule has 0 aromatic carbocycles. The summed E-state index contributed by atoms with van der Waals surface area (Å²) in [7, 11) is 0. The van der Waals surface area contributed by atoms with Crippen molar-refractivity contribution < 1.29 is 14.7 Å². The van der Waals surface area contributed by atoms with Crippen LogP contribution >= 0.6 is 0 Å². The Morgan fingerprint density at radius 3 is 2.73 bits per heavy atom. The molecule has 5 unspecified atom stereocenters. The smallest absolute Gasteiger partial charge is 0.139 e. The van der Waals surface area contributed by atoms with Crippen molar-refractivity contribution in [3.63, 3.8) is 0 Å². The van der Waals surface area contributed by atoms with E-state index in [1.54, 1.807) is 6.08 Å². The lowest BCUT2D eigenvalue weighted by Crippen LogP contribution is -2.55. The molecule has 0 aliphatic heterocycles. The van der Waals surface area contributed by atoms with Crippen LogP contribution in [0.4, 0.5) is 0 Å². The van der Waals surface area contributed by atoms with Crippen LogP contribution in [0.25, 0.3) is 0 Å². The zero-order valence-corrected chi connectivity index (χ0v) is 13.3. The third-order valence-electron chi connectivity index (χ3n) is 7.24. The molecule has 6 atom stereocenters. The predicted octanol–water partition coefficient (Wildman–Crippen LogP) is 3.61. The van der Waals surface area contributed by atoms with Crippen LogP contribution in [0.3, 0.4) is 0 Å². The number of fused-ring (bicyclic) bond motifs is 5. The molecular formula is C19H24O3. The fourth-order valence-corrected chi connectivity index (χ4v) is 6.06. The van der Waals surface area contributed by atoms with Gasteiger partial charge in [0.05, 0.1) is 0 Å². The maximum absolute atomic E-state index is 13.0. The summed E-state index contributed by atoms with van der Waals surface area (Å²) >= 11 is 0. The van der Waals surface area contributed by atoms with Gasteiger partial charge in [0.25, 0.3) is 0 Å². The molecule has 3 fully saturated rings. The molecule has 0 amide bonds. The van der Waals surface area contributed by atoms with Gasteiger partial charge in [0.2, 0.25) is 0 Å². The Bertz CT molecular complexity index is 616. The van der Waals surface area contributed by atoms with Crippen LogP contribution in [0.5, 0.6) is 0 Å². The van der Waals surface area contributed by atoms with Gasteiger partial charge in [-0.15, -0.1) is 0 Å². The number of carbonyl (C=O) groups excluding carboxylic acids is 2. The van der Waals surface area contributed by atoms with Crippen molar-refractivity contribution in [2.75, 3.05) is 0 Å². The highest BCUT2D eigenvalue weighted by molar-refractivity contribution is 5.95. The lowest BCUT2D eigenvalue weighted by atomic mass is 9.47. The molecular weight excluding hydrogens is 276 g/mol. The molecule has 0 heterocycles. The van der Waals surface area contributed by atoms with Crippen LogP contribution in [0.1, 0.15) is 46.0 Å². The average molecular weight is 300 g/mol. The molecule has 118 valence electrons. The monoisotopic (exact) mass is 300 g/mol. The van der Waals surface area contributed by atoms with E-state index in [4.69, 9.17) is 0 Å². The van der Waals surface area contributed by atoms with E-state index in [2.05, 4.69) is 13.0 Å². The zero-order chi connectivity index (χ0) is 15.7.